The lowest BCUT2D eigenvalue weighted by Gasteiger charge is -2.37. The van der Waals surface area contributed by atoms with Crippen molar-refractivity contribution in [1.29, 1.82) is 0 Å². The molecule has 2 aromatic rings. The van der Waals surface area contributed by atoms with E-state index in [0.717, 1.165) is 18.7 Å². The molecule has 1 saturated heterocycles. The van der Waals surface area contributed by atoms with Gasteiger partial charge in [0.1, 0.15) is 5.82 Å². The van der Waals surface area contributed by atoms with E-state index in [1.54, 1.807) is 13.0 Å². The second-order valence-electron chi connectivity index (χ2n) is 6.68. The summed E-state index contributed by atoms with van der Waals surface area (Å²) in [4.78, 5) is 24.4. The van der Waals surface area contributed by atoms with Gasteiger partial charge in [-0.2, -0.15) is 0 Å². The van der Waals surface area contributed by atoms with Crippen LogP contribution in [0, 0.1) is 5.82 Å². The zero-order valence-corrected chi connectivity index (χ0v) is 16.4. The van der Waals surface area contributed by atoms with Gasteiger partial charge < -0.3 is 14.7 Å². The summed E-state index contributed by atoms with van der Waals surface area (Å²) in [6, 6.07) is 6.20. The Bertz CT molecular complexity index is 836. The first-order chi connectivity index (χ1) is 14.1. The highest BCUT2D eigenvalue weighted by Gasteiger charge is 2.23. The molecule has 1 fully saturated rings. The van der Waals surface area contributed by atoms with E-state index in [0.29, 0.717) is 31.2 Å². The van der Waals surface area contributed by atoms with Crippen LogP contribution in [0.1, 0.15) is 22.8 Å². The normalized spacial score (nSPS) is 16.2. The highest BCUT2D eigenvalue weighted by Crippen LogP contribution is 2.15. The molecule has 8 heteroatoms. The summed E-state index contributed by atoms with van der Waals surface area (Å²) >= 11 is 0. The standard InChI is InChI=1S/C21H25FN4O3/c1-2-29-20(28)17-13-23-21(24-14-17)26-10-8-25(9-11-26)19(15-27)7-6-16-4-3-5-18(22)12-16/h3-7,12-14,19,27H,2,8-11,15H2,1H3/b7-6+. The molecule has 1 aliphatic heterocycles. The molecule has 3 rings (SSSR count). The third-order valence-corrected chi connectivity index (χ3v) is 4.76. The van der Waals surface area contributed by atoms with Crippen molar-refractivity contribution in [2.75, 3.05) is 44.3 Å². The summed E-state index contributed by atoms with van der Waals surface area (Å²) < 4.78 is 18.2. The number of aromatic nitrogens is 2. The smallest absolute Gasteiger partial charge is 0.341 e. The van der Waals surface area contributed by atoms with Crippen LogP contribution in [0.15, 0.2) is 42.7 Å². The monoisotopic (exact) mass is 400 g/mol. The van der Waals surface area contributed by atoms with Gasteiger partial charge in [-0.1, -0.05) is 24.3 Å². The fourth-order valence-electron chi connectivity index (χ4n) is 3.19. The first-order valence-corrected chi connectivity index (χ1v) is 9.63. The van der Waals surface area contributed by atoms with Crippen LogP contribution in [0.3, 0.4) is 0 Å². The van der Waals surface area contributed by atoms with Gasteiger partial charge in [0, 0.05) is 38.6 Å². The molecule has 0 bridgehead atoms. The fraction of sp³-hybridized carbons (Fsp3) is 0.381. The van der Waals surface area contributed by atoms with Gasteiger partial charge in [-0.05, 0) is 24.6 Å². The van der Waals surface area contributed by atoms with Gasteiger partial charge in [0.2, 0.25) is 5.95 Å². The minimum atomic E-state index is -0.431. The Morgan fingerprint density at radius 3 is 2.62 bits per heavy atom. The molecule has 0 aliphatic carbocycles. The van der Waals surface area contributed by atoms with E-state index in [9.17, 15) is 14.3 Å². The molecule has 154 valence electrons. The van der Waals surface area contributed by atoms with Crippen LogP contribution in [0.25, 0.3) is 6.08 Å². The number of hydrogen-bond donors (Lipinski definition) is 1. The molecule has 2 heterocycles. The molecule has 0 radical (unpaired) electrons. The van der Waals surface area contributed by atoms with Crippen molar-refractivity contribution in [3.63, 3.8) is 0 Å². The Morgan fingerprint density at radius 2 is 2.00 bits per heavy atom. The number of aliphatic hydroxyl groups is 1. The Hall–Kier alpha value is -2.84. The lowest BCUT2D eigenvalue weighted by Crippen LogP contribution is -2.51. The molecule has 1 aromatic carbocycles. The van der Waals surface area contributed by atoms with E-state index in [2.05, 4.69) is 14.9 Å². The van der Waals surface area contributed by atoms with E-state index in [1.165, 1.54) is 24.5 Å². The number of rotatable bonds is 7. The van der Waals surface area contributed by atoms with Crippen LogP contribution >= 0.6 is 0 Å². The number of benzene rings is 1. The molecule has 0 saturated carbocycles. The number of piperazine rings is 1. The maximum atomic E-state index is 13.3. The van der Waals surface area contributed by atoms with Crippen LogP contribution < -0.4 is 4.90 Å². The van der Waals surface area contributed by atoms with Crippen molar-refractivity contribution in [1.82, 2.24) is 14.9 Å². The van der Waals surface area contributed by atoms with Crippen LogP contribution in [0.5, 0.6) is 0 Å². The Kier molecular flexibility index (Phi) is 7.26. The molecule has 1 N–H and O–H groups in total. The molecule has 0 amide bonds. The highest BCUT2D eigenvalue weighted by atomic mass is 19.1. The van der Waals surface area contributed by atoms with Crippen LogP contribution in [-0.4, -0.2) is 71.4 Å². The van der Waals surface area contributed by atoms with E-state index in [4.69, 9.17) is 4.74 Å². The lowest BCUT2D eigenvalue weighted by molar-refractivity contribution is 0.0525. The minimum absolute atomic E-state index is 0.0173. The third-order valence-electron chi connectivity index (χ3n) is 4.76. The average molecular weight is 400 g/mol. The molecule has 1 aliphatic rings. The SMILES string of the molecule is CCOC(=O)c1cnc(N2CCN(C(/C=C/c3cccc(F)c3)CO)CC2)nc1. The van der Waals surface area contributed by atoms with Crippen molar-refractivity contribution in [3.05, 3.63) is 59.7 Å². The summed E-state index contributed by atoms with van der Waals surface area (Å²) in [7, 11) is 0. The summed E-state index contributed by atoms with van der Waals surface area (Å²) in [6.45, 7) is 4.88. The summed E-state index contributed by atoms with van der Waals surface area (Å²) in [5, 5.41) is 9.77. The number of esters is 1. The third kappa shape index (κ3) is 5.58. The molecule has 1 atom stereocenters. The number of anilines is 1. The van der Waals surface area contributed by atoms with Gasteiger partial charge in [0.15, 0.2) is 0 Å². The predicted octanol–water partition coefficient (Wildman–Crippen LogP) is 1.99. The van der Waals surface area contributed by atoms with Crippen LogP contribution in [0.2, 0.25) is 0 Å². The maximum absolute atomic E-state index is 13.3. The van der Waals surface area contributed by atoms with Gasteiger partial charge in [-0.15, -0.1) is 0 Å². The van der Waals surface area contributed by atoms with Crippen LogP contribution in [0.4, 0.5) is 10.3 Å². The van der Waals surface area contributed by atoms with Gasteiger partial charge >= 0.3 is 5.97 Å². The van der Waals surface area contributed by atoms with Crippen molar-refractivity contribution >= 4 is 18.0 Å². The molecular weight excluding hydrogens is 375 g/mol. The predicted molar refractivity (Wildman–Crippen MR) is 108 cm³/mol. The molecule has 7 nitrogen and oxygen atoms in total. The number of carbonyl (C=O) groups is 1. The van der Waals surface area contributed by atoms with Gasteiger partial charge in [0.25, 0.3) is 0 Å². The van der Waals surface area contributed by atoms with Crippen molar-refractivity contribution < 1.29 is 19.0 Å². The largest absolute Gasteiger partial charge is 0.462 e. The quantitative estimate of drug-likeness (QED) is 0.712. The average Bonchev–Trinajstić information content (AvgIpc) is 2.75. The number of carbonyl (C=O) groups excluding carboxylic acids is 1. The molecular formula is C21H25FN4O3. The topological polar surface area (TPSA) is 78.8 Å². The number of aliphatic hydroxyl groups excluding tert-OH is 1. The molecule has 29 heavy (non-hydrogen) atoms. The van der Waals surface area contributed by atoms with Crippen molar-refractivity contribution in [2.24, 2.45) is 0 Å². The van der Waals surface area contributed by atoms with E-state index in [-0.39, 0.29) is 18.5 Å². The number of nitrogens with zero attached hydrogens (tertiary/aromatic N) is 4. The zero-order valence-electron chi connectivity index (χ0n) is 16.4. The molecule has 1 aromatic heterocycles. The van der Waals surface area contributed by atoms with Gasteiger partial charge in [-0.25, -0.2) is 19.2 Å². The summed E-state index contributed by atoms with van der Waals surface area (Å²) in [5.74, 6) is -0.149. The molecule has 0 spiro atoms. The number of ether oxygens (including phenoxy) is 1. The lowest BCUT2D eigenvalue weighted by atomic mass is 10.1. The first kappa shape index (κ1) is 20.9. The van der Waals surface area contributed by atoms with Gasteiger partial charge in [0.05, 0.1) is 24.8 Å². The van der Waals surface area contributed by atoms with E-state index < -0.39 is 5.97 Å². The first-order valence-electron chi connectivity index (χ1n) is 9.63. The van der Waals surface area contributed by atoms with E-state index >= 15 is 0 Å². The van der Waals surface area contributed by atoms with Gasteiger partial charge in [-0.3, -0.25) is 4.90 Å². The Morgan fingerprint density at radius 1 is 1.28 bits per heavy atom. The second-order valence-corrected chi connectivity index (χ2v) is 6.68. The second kappa shape index (κ2) is 10.1. The summed E-state index contributed by atoms with van der Waals surface area (Å²) in [5.41, 5.74) is 1.09. The Balaban J connectivity index is 1.56. The minimum Gasteiger partial charge on any atom is -0.462 e. The summed E-state index contributed by atoms with van der Waals surface area (Å²) in [6.07, 6.45) is 6.68. The Labute approximate surface area is 169 Å². The van der Waals surface area contributed by atoms with E-state index in [1.807, 2.05) is 23.1 Å². The number of halogens is 1. The van der Waals surface area contributed by atoms with Crippen LogP contribution in [-0.2, 0) is 4.74 Å². The van der Waals surface area contributed by atoms with Crippen molar-refractivity contribution in [2.45, 2.75) is 13.0 Å². The number of hydrogen-bond acceptors (Lipinski definition) is 7. The zero-order chi connectivity index (χ0) is 20.6. The highest BCUT2D eigenvalue weighted by molar-refractivity contribution is 5.88. The fourth-order valence-corrected chi connectivity index (χ4v) is 3.19. The maximum Gasteiger partial charge on any atom is 0.341 e. The van der Waals surface area contributed by atoms with Crippen molar-refractivity contribution in [3.8, 4) is 0 Å². The molecule has 1 unspecified atom stereocenters.